The molecule has 1 N–H and O–H groups in total. The lowest BCUT2D eigenvalue weighted by atomic mass is 10.1. The summed E-state index contributed by atoms with van der Waals surface area (Å²) in [4.78, 5) is 32.9. The second kappa shape index (κ2) is 6.89. The molecule has 1 aromatic carbocycles. The van der Waals surface area contributed by atoms with Crippen LogP contribution in [0, 0.1) is 6.92 Å². The summed E-state index contributed by atoms with van der Waals surface area (Å²) in [6.45, 7) is 2.11. The molecule has 2 rings (SSSR count). The number of Topliss-reactive ketones (excluding diaryl/α,β-unsaturated/α-hetero) is 1. The second-order valence-electron chi connectivity index (χ2n) is 4.97. The van der Waals surface area contributed by atoms with Gasteiger partial charge < -0.3 is 14.3 Å². The molecule has 1 heterocycles. The lowest BCUT2D eigenvalue weighted by Gasteiger charge is -2.07. The number of ether oxygens (including phenoxy) is 1. The average Bonchev–Trinajstić information content (AvgIpc) is 2.42. The third-order valence-electron chi connectivity index (χ3n) is 3.14. The smallest absolute Gasteiger partial charge is 0.336 e. The molecule has 6 heteroatoms. The highest BCUT2D eigenvalue weighted by molar-refractivity contribution is 5.94. The number of fused-ring (bicyclic) bond motifs is 1. The van der Waals surface area contributed by atoms with Gasteiger partial charge in [-0.1, -0.05) is 0 Å². The summed E-state index contributed by atoms with van der Waals surface area (Å²) in [5.41, 5.74) is 0.864. The number of hydrogen-bond donors (Lipinski definition) is 1. The molecular formula is C16H16O6. The third-order valence-corrected chi connectivity index (χ3v) is 3.14. The van der Waals surface area contributed by atoms with Crippen molar-refractivity contribution in [3.05, 3.63) is 40.2 Å². The van der Waals surface area contributed by atoms with Gasteiger partial charge in [-0.3, -0.25) is 9.59 Å². The van der Waals surface area contributed by atoms with Crippen LogP contribution in [0.3, 0.4) is 0 Å². The molecule has 0 aliphatic rings. The summed E-state index contributed by atoms with van der Waals surface area (Å²) in [5, 5.41) is 9.31. The van der Waals surface area contributed by atoms with E-state index in [-0.39, 0.29) is 18.8 Å². The number of aliphatic carboxylic acids is 1. The normalized spacial score (nSPS) is 10.6. The fourth-order valence-electron chi connectivity index (χ4n) is 2.11. The zero-order chi connectivity index (χ0) is 16.1. The maximum atomic E-state index is 11.3. The average molecular weight is 304 g/mol. The van der Waals surface area contributed by atoms with Crippen LogP contribution in [0.2, 0.25) is 0 Å². The SMILES string of the molecule is Cc1cc(=O)oc2cc(OCCCC(=O)CC(=O)O)ccc12. The van der Waals surface area contributed by atoms with Crippen LogP contribution < -0.4 is 10.4 Å². The largest absolute Gasteiger partial charge is 0.493 e. The highest BCUT2D eigenvalue weighted by Gasteiger charge is 2.08. The first-order valence-electron chi connectivity index (χ1n) is 6.86. The van der Waals surface area contributed by atoms with E-state index in [1.165, 1.54) is 6.07 Å². The van der Waals surface area contributed by atoms with Crippen molar-refractivity contribution in [1.29, 1.82) is 0 Å². The zero-order valence-corrected chi connectivity index (χ0v) is 12.1. The van der Waals surface area contributed by atoms with Crippen LogP contribution in [0.15, 0.2) is 33.5 Å². The van der Waals surface area contributed by atoms with Gasteiger partial charge >= 0.3 is 11.6 Å². The summed E-state index contributed by atoms with van der Waals surface area (Å²) in [6.07, 6.45) is 0.135. The van der Waals surface area contributed by atoms with Gasteiger partial charge in [0.25, 0.3) is 0 Å². The highest BCUT2D eigenvalue weighted by Crippen LogP contribution is 2.22. The van der Waals surface area contributed by atoms with E-state index in [9.17, 15) is 14.4 Å². The minimum atomic E-state index is -1.12. The van der Waals surface area contributed by atoms with E-state index in [1.807, 2.05) is 6.92 Å². The monoisotopic (exact) mass is 304 g/mol. The van der Waals surface area contributed by atoms with Crippen molar-refractivity contribution in [2.75, 3.05) is 6.61 Å². The molecule has 2 aromatic rings. The van der Waals surface area contributed by atoms with Gasteiger partial charge in [0.05, 0.1) is 6.61 Å². The molecule has 0 radical (unpaired) electrons. The molecule has 0 amide bonds. The van der Waals surface area contributed by atoms with Gasteiger partial charge in [0.2, 0.25) is 0 Å². The Hall–Kier alpha value is -2.63. The first-order chi connectivity index (χ1) is 10.5. The van der Waals surface area contributed by atoms with Crippen molar-refractivity contribution in [2.24, 2.45) is 0 Å². The lowest BCUT2D eigenvalue weighted by Crippen LogP contribution is -2.08. The number of carbonyl (C=O) groups is 2. The van der Waals surface area contributed by atoms with Gasteiger partial charge in [-0.25, -0.2) is 4.79 Å². The zero-order valence-electron chi connectivity index (χ0n) is 12.1. The van der Waals surface area contributed by atoms with Gasteiger partial charge in [0.15, 0.2) is 0 Å². The molecular weight excluding hydrogens is 288 g/mol. The fourth-order valence-corrected chi connectivity index (χ4v) is 2.11. The molecule has 0 aliphatic carbocycles. The van der Waals surface area contributed by atoms with Crippen molar-refractivity contribution in [3.63, 3.8) is 0 Å². The second-order valence-corrected chi connectivity index (χ2v) is 4.97. The van der Waals surface area contributed by atoms with Gasteiger partial charge in [-0.05, 0) is 31.0 Å². The molecule has 0 fully saturated rings. The van der Waals surface area contributed by atoms with E-state index >= 15 is 0 Å². The Bertz CT molecular complexity index is 759. The van der Waals surface area contributed by atoms with E-state index in [0.717, 1.165) is 10.9 Å². The highest BCUT2D eigenvalue weighted by atomic mass is 16.5. The van der Waals surface area contributed by atoms with Crippen LogP contribution in [0.4, 0.5) is 0 Å². The Morgan fingerprint density at radius 2 is 2.05 bits per heavy atom. The summed E-state index contributed by atoms with van der Waals surface area (Å²) in [5.74, 6) is -0.908. The van der Waals surface area contributed by atoms with E-state index < -0.39 is 18.0 Å². The molecule has 0 aliphatic heterocycles. The Morgan fingerprint density at radius 3 is 2.77 bits per heavy atom. The number of ketones is 1. The summed E-state index contributed by atoms with van der Waals surface area (Å²) < 4.78 is 10.6. The van der Waals surface area contributed by atoms with Gasteiger partial charge in [0.1, 0.15) is 23.5 Å². The van der Waals surface area contributed by atoms with Gasteiger partial charge in [0, 0.05) is 23.9 Å². The van der Waals surface area contributed by atoms with Gasteiger partial charge in [-0.15, -0.1) is 0 Å². The summed E-state index contributed by atoms with van der Waals surface area (Å²) in [6, 6.07) is 6.62. The van der Waals surface area contributed by atoms with Crippen LogP contribution in [-0.4, -0.2) is 23.5 Å². The third kappa shape index (κ3) is 4.18. The Labute approximate surface area is 126 Å². The summed E-state index contributed by atoms with van der Waals surface area (Å²) >= 11 is 0. The van der Waals surface area contributed by atoms with Crippen LogP contribution in [0.5, 0.6) is 5.75 Å². The van der Waals surface area contributed by atoms with Crippen LogP contribution in [0.1, 0.15) is 24.8 Å². The fraction of sp³-hybridized carbons (Fsp3) is 0.312. The van der Waals surface area contributed by atoms with Crippen molar-refractivity contribution in [2.45, 2.75) is 26.2 Å². The van der Waals surface area contributed by atoms with Gasteiger partial charge in [-0.2, -0.15) is 0 Å². The first kappa shape index (κ1) is 15.8. The number of hydrogen-bond acceptors (Lipinski definition) is 5. The topological polar surface area (TPSA) is 93.8 Å². The molecule has 22 heavy (non-hydrogen) atoms. The van der Waals surface area contributed by atoms with E-state index in [1.54, 1.807) is 18.2 Å². The molecule has 6 nitrogen and oxygen atoms in total. The van der Waals surface area contributed by atoms with Crippen molar-refractivity contribution in [3.8, 4) is 5.75 Å². The quantitative estimate of drug-likeness (QED) is 0.479. The predicted octanol–water partition coefficient (Wildman–Crippen LogP) is 2.30. The Balaban J connectivity index is 1.94. The molecule has 1 aromatic heterocycles. The molecule has 0 spiro atoms. The Kier molecular flexibility index (Phi) is 4.93. The molecule has 0 saturated heterocycles. The molecule has 116 valence electrons. The van der Waals surface area contributed by atoms with E-state index in [2.05, 4.69) is 0 Å². The van der Waals surface area contributed by atoms with Crippen LogP contribution >= 0.6 is 0 Å². The van der Waals surface area contributed by atoms with E-state index in [4.69, 9.17) is 14.3 Å². The number of rotatable bonds is 7. The summed E-state index contributed by atoms with van der Waals surface area (Å²) in [7, 11) is 0. The minimum absolute atomic E-state index is 0.161. The number of carboxylic acids is 1. The van der Waals surface area contributed by atoms with Crippen molar-refractivity contribution in [1.82, 2.24) is 0 Å². The minimum Gasteiger partial charge on any atom is -0.493 e. The molecule has 0 unspecified atom stereocenters. The number of benzene rings is 1. The van der Waals surface area contributed by atoms with Crippen molar-refractivity contribution >= 4 is 22.7 Å². The maximum absolute atomic E-state index is 11.3. The lowest BCUT2D eigenvalue weighted by molar-refractivity contribution is -0.140. The molecule has 0 atom stereocenters. The molecule has 0 saturated carbocycles. The van der Waals surface area contributed by atoms with Crippen LogP contribution in [-0.2, 0) is 9.59 Å². The predicted molar refractivity (Wildman–Crippen MR) is 79.2 cm³/mol. The first-order valence-corrected chi connectivity index (χ1v) is 6.86. The standard InChI is InChI=1S/C16H16O6/c1-10-7-16(20)22-14-9-12(4-5-13(10)14)21-6-2-3-11(17)8-15(18)19/h4-5,7,9H,2-3,6,8H2,1H3,(H,18,19). The number of carbonyl (C=O) groups excluding carboxylic acids is 1. The number of carboxylic acid groups (broad SMARTS) is 1. The maximum Gasteiger partial charge on any atom is 0.336 e. The van der Waals surface area contributed by atoms with E-state index in [0.29, 0.717) is 17.8 Å². The Morgan fingerprint density at radius 1 is 1.27 bits per heavy atom. The molecule has 0 bridgehead atoms. The number of aryl methyl sites for hydroxylation is 1. The van der Waals surface area contributed by atoms with Crippen LogP contribution in [0.25, 0.3) is 11.0 Å². The van der Waals surface area contributed by atoms with Crippen molar-refractivity contribution < 1.29 is 23.8 Å².